The number of alkyl halides is 4. The van der Waals surface area contributed by atoms with Gasteiger partial charge >= 0.3 is 0 Å². The number of hydrazine groups is 1. The largest absolute Gasteiger partial charge is 0.454 e. The second-order valence-electron chi connectivity index (χ2n) is 7.38. The first-order valence-electron chi connectivity index (χ1n) is 9.70. The molecule has 33 heavy (non-hydrogen) atoms. The molecule has 0 saturated heterocycles. The van der Waals surface area contributed by atoms with Gasteiger partial charge in [0.1, 0.15) is 0 Å². The average molecular weight is 461 g/mol. The summed E-state index contributed by atoms with van der Waals surface area (Å²) in [5.41, 5.74) is -1.25. The Morgan fingerprint density at radius 3 is 2.61 bits per heavy atom. The lowest BCUT2D eigenvalue weighted by Gasteiger charge is -2.32. The summed E-state index contributed by atoms with van der Waals surface area (Å²) in [6, 6.07) is 12.8. The van der Waals surface area contributed by atoms with Crippen molar-refractivity contribution in [3.05, 3.63) is 65.9 Å². The van der Waals surface area contributed by atoms with Gasteiger partial charge in [0.25, 0.3) is 18.8 Å². The number of benzene rings is 2. The molecule has 0 fully saturated rings. The number of amides is 1. The second kappa shape index (κ2) is 7.62. The Kier molecular flexibility index (Phi) is 4.85. The fourth-order valence-corrected chi connectivity index (χ4v) is 3.71. The minimum absolute atomic E-state index is 0.0555. The van der Waals surface area contributed by atoms with Crippen molar-refractivity contribution in [2.75, 3.05) is 6.79 Å². The van der Waals surface area contributed by atoms with E-state index < -0.39 is 30.2 Å². The number of nitrogens with one attached hydrogen (secondary N) is 1. The Morgan fingerprint density at radius 1 is 1.09 bits per heavy atom. The highest BCUT2D eigenvalue weighted by Crippen LogP contribution is 2.37. The number of allylic oxidation sites excluding steroid dienone is 1. The van der Waals surface area contributed by atoms with Crippen LogP contribution >= 0.6 is 0 Å². The zero-order valence-corrected chi connectivity index (χ0v) is 16.6. The lowest BCUT2D eigenvalue weighted by Crippen LogP contribution is -2.56. The van der Waals surface area contributed by atoms with Gasteiger partial charge in [-0.1, -0.05) is 18.2 Å². The Balaban J connectivity index is 1.63. The molecule has 0 radical (unpaired) electrons. The first-order chi connectivity index (χ1) is 15.8. The average Bonchev–Trinajstić information content (AvgIpc) is 3.42. The van der Waals surface area contributed by atoms with Crippen LogP contribution in [0.4, 0.5) is 17.6 Å². The molecular weight excluding hydrogens is 446 g/mol. The highest BCUT2D eigenvalue weighted by molar-refractivity contribution is 6.07. The zero-order chi connectivity index (χ0) is 23.3. The molecule has 1 aromatic heterocycles. The van der Waals surface area contributed by atoms with Crippen LogP contribution in [0.5, 0.6) is 11.5 Å². The van der Waals surface area contributed by atoms with E-state index in [1.165, 1.54) is 12.1 Å². The normalized spacial score (nSPS) is 19.4. The van der Waals surface area contributed by atoms with Crippen LogP contribution in [-0.2, 0) is 0 Å². The molecule has 2 N–H and O–H groups in total. The van der Waals surface area contributed by atoms with E-state index in [1.807, 2.05) is 5.43 Å². The molecule has 0 bridgehead atoms. The highest BCUT2D eigenvalue weighted by Gasteiger charge is 2.51. The van der Waals surface area contributed by atoms with Crippen molar-refractivity contribution in [1.29, 1.82) is 0 Å². The first-order valence-corrected chi connectivity index (χ1v) is 9.70. The van der Waals surface area contributed by atoms with Crippen LogP contribution in [0, 0.1) is 0 Å². The third-order valence-corrected chi connectivity index (χ3v) is 5.34. The number of carbonyl (C=O) groups is 1. The van der Waals surface area contributed by atoms with Gasteiger partial charge in [-0.25, -0.2) is 27.6 Å². The molecule has 1 amide bonds. The van der Waals surface area contributed by atoms with E-state index in [4.69, 9.17) is 9.47 Å². The minimum atomic E-state index is -3.55. The smallest absolute Gasteiger partial charge is 0.291 e. The van der Waals surface area contributed by atoms with E-state index in [1.54, 1.807) is 36.4 Å². The van der Waals surface area contributed by atoms with Crippen molar-refractivity contribution in [2.45, 2.75) is 18.6 Å². The number of carbonyl (C=O) groups excluding carboxylic acids is 1. The van der Waals surface area contributed by atoms with Gasteiger partial charge in [-0.15, -0.1) is 0 Å². The van der Waals surface area contributed by atoms with E-state index in [0.29, 0.717) is 28.3 Å². The predicted octanol–water partition coefficient (Wildman–Crippen LogP) is 3.69. The molecule has 1 unspecified atom stereocenters. The van der Waals surface area contributed by atoms with Crippen molar-refractivity contribution < 1.29 is 36.9 Å². The van der Waals surface area contributed by atoms with E-state index in [-0.39, 0.29) is 28.8 Å². The number of hydrogen-bond donors (Lipinski definition) is 2. The van der Waals surface area contributed by atoms with Crippen LogP contribution in [0.2, 0.25) is 0 Å². The molecule has 170 valence electrons. The quantitative estimate of drug-likeness (QED) is 0.577. The third kappa shape index (κ3) is 3.41. The van der Waals surface area contributed by atoms with Crippen LogP contribution in [-0.4, -0.2) is 46.4 Å². The molecule has 0 spiro atoms. The number of nitrogens with zero attached hydrogens (tertiary/aromatic N) is 2. The maximum absolute atomic E-state index is 13.7. The number of pyridine rings is 1. The van der Waals surface area contributed by atoms with Gasteiger partial charge in [-0.3, -0.25) is 10.2 Å². The van der Waals surface area contributed by atoms with Crippen LogP contribution in [0.15, 0.2) is 60.3 Å². The summed E-state index contributed by atoms with van der Waals surface area (Å²) in [7, 11) is 0. The van der Waals surface area contributed by atoms with Crippen molar-refractivity contribution in [2.24, 2.45) is 0 Å². The van der Waals surface area contributed by atoms with E-state index >= 15 is 0 Å². The van der Waals surface area contributed by atoms with E-state index in [2.05, 4.69) is 4.98 Å². The number of para-hydroxylation sites is 1. The fourth-order valence-electron chi connectivity index (χ4n) is 3.71. The standard InChI is InChI=1S/C22H15F4N3O4/c23-19(24)16-9-22(31,21(25)26)29(28-16)20(30)13-8-15(27-14-4-2-1-3-12(13)14)11-5-6-17-18(7-11)33-10-32-17/h1-9,19,21,28,31H,10H2. The van der Waals surface area contributed by atoms with Crippen LogP contribution in [0.1, 0.15) is 10.4 Å². The summed E-state index contributed by atoms with van der Waals surface area (Å²) in [5, 5.41) is 10.8. The molecule has 2 aromatic carbocycles. The summed E-state index contributed by atoms with van der Waals surface area (Å²) in [4.78, 5) is 17.9. The lowest BCUT2D eigenvalue weighted by molar-refractivity contribution is -0.146. The van der Waals surface area contributed by atoms with Gasteiger partial charge in [0, 0.05) is 17.0 Å². The number of halogens is 4. The van der Waals surface area contributed by atoms with E-state index in [0.717, 1.165) is 0 Å². The monoisotopic (exact) mass is 461 g/mol. The summed E-state index contributed by atoms with van der Waals surface area (Å²) < 4.78 is 64.3. The predicted molar refractivity (Wildman–Crippen MR) is 108 cm³/mol. The zero-order valence-electron chi connectivity index (χ0n) is 16.6. The molecule has 3 aromatic rings. The Morgan fingerprint density at radius 2 is 1.85 bits per heavy atom. The van der Waals surface area contributed by atoms with Gasteiger partial charge in [0.05, 0.1) is 22.5 Å². The van der Waals surface area contributed by atoms with Crippen LogP contribution in [0.25, 0.3) is 22.2 Å². The summed E-state index contributed by atoms with van der Waals surface area (Å²) >= 11 is 0. The van der Waals surface area contributed by atoms with Crippen molar-refractivity contribution in [3.63, 3.8) is 0 Å². The topological polar surface area (TPSA) is 83.9 Å². The number of aromatic nitrogens is 1. The van der Waals surface area contributed by atoms with Crippen LogP contribution < -0.4 is 14.9 Å². The number of aliphatic hydroxyl groups is 1. The SMILES string of the molecule is O=C(c1cc(-c2ccc3c(c2)OCO3)nc2ccccc12)N1NC(C(F)F)=CC1(O)C(F)F. The molecule has 7 nitrogen and oxygen atoms in total. The fraction of sp³-hybridized carbons (Fsp3) is 0.182. The minimum Gasteiger partial charge on any atom is -0.454 e. The Hall–Kier alpha value is -3.86. The summed E-state index contributed by atoms with van der Waals surface area (Å²) in [5.74, 6) is -0.135. The van der Waals surface area contributed by atoms with E-state index in [9.17, 15) is 27.5 Å². The maximum atomic E-state index is 13.7. The molecular formula is C22H15F4N3O4. The Labute approximate surface area is 183 Å². The molecule has 2 aliphatic heterocycles. The highest BCUT2D eigenvalue weighted by atomic mass is 19.3. The molecule has 0 aliphatic carbocycles. The molecule has 3 heterocycles. The maximum Gasteiger partial charge on any atom is 0.291 e. The van der Waals surface area contributed by atoms with Gasteiger partial charge < -0.3 is 14.6 Å². The number of hydrogen-bond acceptors (Lipinski definition) is 6. The number of ether oxygens (including phenoxy) is 2. The van der Waals surface area contributed by atoms with Crippen molar-refractivity contribution in [3.8, 4) is 22.8 Å². The summed E-state index contributed by atoms with van der Waals surface area (Å²) in [6.07, 6.45) is -6.50. The lowest BCUT2D eigenvalue weighted by atomic mass is 10.0. The molecule has 5 rings (SSSR count). The summed E-state index contributed by atoms with van der Waals surface area (Å²) in [6.45, 7) is 0.0555. The number of rotatable bonds is 4. The molecule has 2 aliphatic rings. The van der Waals surface area contributed by atoms with Crippen molar-refractivity contribution >= 4 is 16.8 Å². The molecule has 1 atom stereocenters. The van der Waals surface area contributed by atoms with Gasteiger partial charge in [0.2, 0.25) is 12.5 Å². The van der Waals surface area contributed by atoms with Gasteiger partial charge in [-0.2, -0.15) is 0 Å². The second-order valence-corrected chi connectivity index (χ2v) is 7.38. The third-order valence-electron chi connectivity index (χ3n) is 5.34. The molecule has 0 saturated carbocycles. The first kappa shape index (κ1) is 21.0. The van der Waals surface area contributed by atoms with Gasteiger partial charge in [-0.05, 0) is 30.3 Å². The van der Waals surface area contributed by atoms with Crippen molar-refractivity contribution in [1.82, 2.24) is 15.4 Å². The molecule has 11 heteroatoms. The van der Waals surface area contributed by atoms with Gasteiger partial charge in [0.15, 0.2) is 11.5 Å². The number of fused-ring (bicyclic) bond motifs is 2. The van der Waals surface area contributed by atoms with Crippen LogP contribution in [0.3, 0.4) is 0 Å². The Bertz CT molecular complexity index is 1300.